The zero-order valence-corrected chi connectivity index (χ0v) is 14.9. The number of rotatable bonds is 4. The number of halogens is 2. The fourth-order valence-electron chi connectivity index (χ4n) is 1.99. The van der Waals surface area contributed by atoms with Gasteiger partial charge in [-0.05, 0) is 77.7 Å². The van der Waals surface area contributed by atoms with Crippen LogP contribution >= 0.6 is 27.5 Å². The van der Waals surface area contributed by atoms with Crippen molar-refractivity contribution in [2.75, 3.05) is 6.61 Å². The van der Waals surface area contributed by atoms with Crippen LogP contribution in [0.4, 0.5) is 0 Å². The molecule has 0 spiro atoms. The van der Waals surface area contributed by atoms with Gasteiger partial charge in [0.25, 0.3) is 0 Å². The number of aryl methyl sites for hydroxylation is 3. The molecule has 0 amide bonds. The Kier molecular flexibility index (Phi) is 5.48. The molecule has 0 aromatic heterocycles. The first-order valence-corrected chi connectivity index (χ1v) is 7.90. The second-order valence-electron chi connectivity index (χ2n) is 5.07. The summed E-state index contributed by atoms with van der Waals surface area (Å²) in [5, 5.41) is 0.680. The largest absolute Gasteiger partial charge is 0.481 e. The predicted octanol–water partition coefficient (Wildman–Crippen LogP) is 5.01. The van der Waals surface area contributed by atoms with Crippen molar-refractivity contribution in [1.29, 1.82) is 0 Å². The van der Waals surface area contributed by atoms with E-state index in [0.717, 1.165) is 21.2 Å². The lowest BCUT2D eigenvalue weighted by Gasteiger charge is -2.10. The molecule has 2 rings (SSSR count). The number of carbonyl (C=O) groups excluding carboxylic acids is 1. The van der Waals surface area contributed by atoms with Gasteiger partial charge in [-0.2, -0.15) is 0 Å². The zero-order valence-electron chi connectivity index (χ0n) is 12.6. The first-order chi connectivity index (χ1) is 10.4. The lowest BCUT2D eigenvalue weighted by molar-refractivity contribution is -0.136. The summed E-state index contributed by atoms with van der Waals surface area (Å²) < 4.78 is 11.5. The molecule has 2 aromatic carbocycles. The van der Waals surface area contributed by atoms with Crippen molar-refractivity contribution in [2.24, 2.45) is 0 Å². The molecular weight excluding hydrogens is 368 g/mol. The average Bonchev–Trinajstić information content (AvgIpc) is 2.43. The monoisotopic (exact) mass is 382 g/mol. The molecule has 0 atom stereocenters. The molecule has 0 fully saturated rings. The summed E-state index contributed by atoms with van der Waals surface area (Å²) in [4.78, 5) is 11.9. The second-order valence-corrected chi connectivity index (χ2v) is 6.30. The van der Waals surface area contributed by atoms with Crippen LogP contribution in [0.15, 0.2) is 34.8 Å². The molecule has 0 aliphatic carbocycles. The molecule has 0 saturated heterocycles. The Balaban J connectivity index is 1.99. The molecule has 0 bridgehead atoms. The lowest BCUT2D eigenvalue weighted by Crippen LogP contribution is -2.18. The van der Waals surface area contributed by atoms with Crippen molar-refractivity contribution in [3.8, 4) is 11.5 Å². The fraction of sp³-hybridized carbons (Fsp3) is 0.235. The van der Waals surface area contributed by atoms with E-state index in [9.17, 15) is 4.79 Å². The summed E-state index contributed by atoms with van der Waals surface area (Å²) in [5.41, 5.74) is 2.84. The molecule has 3 nitrogen and oxygen atoms in total. The minimum Gasteiger partial charge on any atom is -0.481 e. The van der Waals surface area contributed by atoms with Gasteiger partial charge in [0.05, 0.1) is 4.47 Å². The van der Waals surface area contributed by atoms with Crippen molar-refractivity contribution in [1.82, 2.24) is 0 Å². The number of carbonyl (C=O) groups is 1. The normalized spacial score (nSPS) is 10.4. The first kappa shape index (κ1) is 16.8. The molecule has 5 heteroatoms. The van der Waals surface area contributed by atoms with Gasteiger partial charge in [-0.3, -0.25) is 0 Å². The fourth-order valence-corrected chi connectivity index (χ4v) is 2.70. The maximum absolute atomic E-state index is 11.9. The standard InChI is InChI=1S/C17H16BrClO3/c1-10-4-5-15(14(18)6-10)21-9-16(20)22-13-7-11(2)17(19)12(3)8-13/h4-8H,9H2,1-3H3. The van der Waals surface area contributed by atoms with Crippen LogP contribution < -0.4 is 9.47 Å². The Morgan fingerprint density at radius 3 is 2.36 bits per heavy atom. The van der Waals surface area contributed by atoms with Crippen LogP contribution in [-0.4, -0.2) is 12.6 Å². The highest BCUT2D eigenvalue weighted by Gasteiger charge is 2.10. The van der Waals surface area contributed by atoms with Crippen LogP contribution in [0.2, 0.25) is 5.02 Å². The third-order valence-electron chi connectivity index (χ3n) is 3.07. The van der Waals surface area contributed by atoms with Crippen LogP contribution in [0.5, 0.6) is 11.5 Å². The van der Waals surface area contributed by atoms with Crippen molar-refractivity contribution in [3.05, 3.63) is 56.5 Å². The van der Waals surface area contributed by atoms with Crippen molar-refractivity contribution >= 4 is 33.5 Å². The minimum absolute atomic E-state index is 0.164. The first-order valence-electron chi connectivity index (χ1n) is 6.73. The van der Waals surface area contributed by atoms with Crippen LogP contribution in [0.3, 0.4) is 0 Å². The van der Waals surface area contributed by atoms with Gasteiger partial charge in [0.1, 0.15) is 11.5 Å². The van der Waals surface area contributed by atoms with E-state index in [2.05, 4.69) is 15.9 Å². The third-order valence-corrected chi connectivity index (χ3v) is 4.29. The van der Waals surface area contributed by atoms with Crippen molar-refractivity contribution in [2.45, 2.75) is 20.8 Å². The Labute approximate surface area is 143 Å². The highest BCUT2D eigenvalue weighted by molar-refractivity contribution is 9.10. The topological polar surface area (TPSA) is 35.5 Å². The molecule has 22 heavy (non-hydrogen) atoms. The van der Waals surface area contributed by atoms with Gasteiger partial charge in [-0.1, -0.05) is 17.7 Å². The van der Waals surface area contributed by atoms with E-state index in [-0.39, 0.29) is 6.61 Å². The molecule has 0 aliphatic heterocycles. The van der Waals surface area contributed by atoms with Gasteiger partial charge in [-0.15, -0.1) is 0 Å². The van der Waals surface area contributed by atoms with Crippen LogP contribution in [0.25, 0.3) is 0 Å². The van der Waals surface area contributed by atoms with E-state index in [1.807, 2.05) is 39.0 Å². The number of benzene rings is 2. The SMILES string of the molecule is Cc1ccc(OCC(=O)Oc2cc(C)c(Cl)c(C)c2)c(Br)c1. The van der Waals surface area contributed by atoms with Crippen LogP contribution in [0, 0.1) is 20.8 Å². The summed E-state index contributed by atoms with van der Waals surface area (Å²) >= 11 is 9.49. The minimum atomic E-state index is -0.464. The van der Waals surface area contributed by atoms with E-state index < -0.39 is 5.97 Å². The van der Waals surface area contributed by atoms with Crippen LogP contribution in [0.1, 0.15) is 16.7 Å². The highest BCUT2D eigenvalue weighted by Crippen LogP contribution is 2.27. The van der Waals surface area contributed by atoms with E-state index in [1.165, 1.54) is 0 Å². The van der Waals surface area contributed by atoms with E-state index in [0.29, 0.717) is 16.5 Å². The average molecular weight is 384 g/mol. The number of hydrogen-bond donors (Lipinski definition) is 0. The summed E-state index contributed by atoms with van der Waals surface area (Å²) in [6.07, 6.45) is 0. The Morgan fingerprint density at radius 1 is 1.14 bits per heavy atom. The molecule has 0 saturated carbocycles. The summed E-state index contributed by atoms with van der Waals surface area (Å²) in [7, 11) is 0. The molecule has 0 N–H and O–H groups in total. The summed E-state index contributed by atoms with van der Waals surface area (Å²) in [6, 6.07) is 9.11. The van der Waals surface area contributed by atoms with E-state index in [1.54, 1.807) is 12.1 Å². The smallest absolute Gasteiger partial charge is 0.349 e. The van der Waals surface area contributed by atoms with Gasteiger partial charge in [-0.25, -0.2) is 4.79 Å². The van der Waals surface area contributed by atoms with E-state index >= 15 is 0 Å². The summed E-state index contributed by atoms with van der Waals surface area (Å²) in [5.74, 6) is 0.607. The predicted molar refractivity (Wildman–Crippen MR) is 90.9 cm³/mol. The number of hydrogen-bond acceptors (Lipinski definition) is 3. The molecule has 2 aromatic rings. The summed E-state index contributed by atoms with van der Waals surface area (Å²) in [6.45, 7) is 5.55. The lowest BCUT2D eigenvalue weighted by atomic mass is 10.1. The Hall–Kier alpha value is -1.52. The number of ether oxygens (including phenoxy) is 2. The van der Waals surface area contributed by atoms with E-state index in [4.69, 9.17) is 21.1 Å². The van der Waals surface area contributed by atoms with Crippen LogP contribution in [-0.2, 0) is 4.79 Å². The molecule has 0 heterocycles. The van der Waals surface area contributed by atoms with Gasteiger partial charge in [0.2, 0.25) is 0 Å². The Morgan fingerprint density at radius 2 is 1.77 bits per heavy atom. The zero-order chi connectivity index (χ0) is 16.3. The van der Waals surface area contributed by atoms with Gasteiger partial charge in [0, 0.05) is 5.02 Å². The van der Waals surface area contributed by atoms with Crippen molar-refractivity contribution in [3.63, 3.8) is 0 Å². The molecule has 0 aliphatic rings. The molecule has 0 radical (unpaired) electrons. The van der Waals surface area contributed by atoms with Gasteiger partial charge >= 0.3 is 5.97 Å². The Bertz CT molecular complexity index is 690. The van der Waals surface area contributed by atoms with Gasteiger partial charge in [0.15, 0.2) is 6.61 Å². The molecule has 0 unspecified atom stereocenters. The number of esters is 1. The van der Waals surface area contributed by atoms with Gasteiger partial charge < -0.3 is 9.47 Å². The molecule has 116 valence electrons. The quantitative estimate of drug-likeness (QED) is 0.550. The maximum atomic E-state index is 11.9. The highest BCUT2D eigenvalue weighted by atomic mass is 79.9. The van der Waals surface area contributed by atoms with Crippen molar-refractivity contribution < 1.29 is 14.3 Å². The maximum Gasteiger partial charge on any atom is 0.349 e. The molecular formula is C17H16BrClO3. The second kappa shape index (κ2) is 7.16. The third kappa shape index (κ3) is 4.24.